The maximum Gasteiger partial charge on any atom is 0.407 e. The van der Waals surface area contributed by atoms with E-state index >= 15 is 0 Å². The van der Waals surface area contributed by atoms with Crippen molar-refractivity contribution in [2.24, 2.45) is 5.92 Å². The van der Waals surface area contributed by atoms with E-state index in [0.29, 0.717) is 25.6 Å². The summed E-state index contributed by atoms with van der Waals surface area (Å²) < 4.78 is 7.77. The molecule has 2 aromatic heterocycles. The molecule has 3 heterocycles. The van der Waals surface area contributed by atoms with Crippen molar-refractivity contribution in [2.75, 3.05) is 19.7 Å². The van der Waals surface area contributed by atoms with Crippen LogP contribution in [0.3, 0.4) is 0 Å². The molecule has 0 bridgehead atoms. The second kappa shape index (κ2) is 7.03. The van der Waals surface area contributed by atoms with Gasteiger partial charge in [0, 0.05) is 25.2 Å². The van der Waals surface area contributed by atoms with Gasteiger partial charge in [0.25, 0.3) is 0 Å². The molecule has 1 atom stereocenters. The SMILES string of the molecule is O=C(O)N1CCCC(COc2nn(-c3ccccc3)c3ncccc23)C1. The maximum absolute atomic E-state index is 11.2. The topological polar surface area (TPSA) is 80.5 Å². The number of ether oxygens (including phenoxy) is 1. The Bertz CT molecular complexity index is 910. The number of rotatable bonds is 4. The third-order valence-corrected chi connectivity index (χ3v) is 4.65. The molecule has 1 amide bonds. The number of hydrogen-bond donors (Lipinski definition) is 1. The molecular formula is C19H20N4O3. The fourth-order valence-electron chi connectivity index (χ4n) is 3.35. The maximum atomic E-state index is 11.2. The van der Waals surface area contributed by atoms with Crippen LogP contribution < -0.4 is 4.74 Å². The molecule has 1 N–H and O–H groups in total. The number of piperidine rings is 1. The zero-order chi connectivity index (χ0) is 17.9. The van der Waals surface area contributed by atoms with E-state index in [4.69, 9.17) is 4.74 Å². The van der Waals surface area contributed by atoms with Crippen LogP contribution in [0.5, 0.6) is 5.88 Å². The van der Waals surface area contributed by atoms with Gasteiger partial charge in [-0.3, -0.25) is 0 Å². The van der Waals surface area contributed by atoms with Crippen molar-refractivity contribution in [1.82, 2.24) is 19.7 Å². The summed E-state index contributed by atoms with van der Waals surface area (Å²) in [5, 5.41) is 14.6. The fraction of sp³-hybridized carbons (Fsp3) is 0.316. The first-order valence-corrected chi connectivity index (χ1v) is 8.72. The monoisotopic (exact) mass is 352 g/mol. The first kappa shape index (κ1) is 16.4. The van der Waals surface area contributed by atoms with E-state index in [9.17, 15) is 9.90 Å². The lowest BCUT2D eigenvalue weighted by atomic mass is 9.99. The lowest BCUT2D eigenvalue weighted by Gasteiger charge is -2.30. The zero-order valence-electron chi connectivity index (χ0n) is 14.3. The van der Waals surface area contributed by atoms with Gasteiger partial charge in [0.1, 0.15) is 0 Å². The second-order valence-corrected chi connectivity index (χ2v) is 6.47. The van der Waals surface area contributed by atoms with Gasteiger partial charge in [-0.2, -0.15) is 0 Å². The summed E-state index contributed by atoms with van der Waals surface area (Å²) in [6.07, 6.45) is 2.69. The van der Waals surface area contributed by atoms with Gasteiger partial charge in [0.2, 0.25) is 5.88 Å². The van der Waals surface area contributed by atoms with Crippen LogP contribution in [0.4, 0.5) is 4.79 Å². The number of para-hydroxylation sites is 1. The normalized spacial score (nSPS) is 17.4. The highest BCUT2D eigenvalue weighted by Crippen LogP contribution is 2.27. The van der Waals surface area contributed by atoms with Crippen molar-refractivity contribution in [2.45, 2.75) is 12.8 Å². The van der Waals surface area contributed by atoms with E-state index in [1.807, 2.05) is 42.5 Å². The van der Waals surface area contributed by atoms with Crippen molar-refractivity contribution in [1.29, 1.82) is 0 Å². The average Bonchev–Trinajstić information content (AvgIpc) is 3.06. The quantitative estimate of drug-likeness (QED) is 0.780. The summed E-state index contributed by atoms with van der Waals surface area (Å²) in [6.45, 7) is 1.55. The van der Waals surface area contributed by atoms with Crippen molar-refractivity contribution in [3.8, 4) is 11.6 Å². The lowest BCUT2D eigenvalue weighted by Crippen LogP contribution is -2.40. The first-order valence-electron chi connectivity index (χ1n) is 8.72. The Hall–Kier alpha value is -3.09. The highest BCUT2D eigenvalue weighted by molar-refractivity contribution is 5.82. The van der Waals surface area contributed by atoms with Crippen LogP contribution in [0.2, 0.25) is 0 Å². The van der Waals surface area contributed by atoms with Gasteiger partial charge in [0.15, 0.2) is 5.65 Å². The van der Waals surface area contributed by atoms with Gasteiger partial charge in [-0.1, -0.05) is 18.2 Å². The van der Waals surface area contributed by atoms with Gasteiger partial charge >= 0.3 is 6.09 Å². The van der Waals surface area contributed by atoms with E-state index in [0.717, 1.165) is 29.6 Å². The van der Waals surface area contributed by atoms with Crippen molar-refractivity contribution in [3.05, 3.63) is 48.7 Å². The molecule has 1 unspecified atom stereocenters. The molecule has 1 aromatic carbocycles. The third-order valence-electron chi connectivity index (χ3n) is 4.65. The molecule has 134 valence electrons. The summed E-state index contributed by atoms with van der Waals surface area (Å²) in [5.74, 6) is 0.706. The Balaban J connectivity index is 1.56. The summed E-state index contributed by atoms with van der Waals surface area (Å²) >= 11 is 0. The minimum Gasteiger partial charge on any atom is -0.476 e. The molecule has 0 spiro atoms. The van der Waals surface area contributed by atoms with Crippen molar-refractivity contribution >= 4 is 17.1 Å². The van der Waals surface area contributed by atoms with Crippen LogP contribution in [0, 0.1) is 5.92 Å². The number of pyridine rings is 1. The van der Waals surface area contributed by atoms with Crippen LogP contribution >= 0.6 is 0 Å². The van der Waals surface area contributed by atoms with Crippen LogP contribution in [0.15, 0.2) is 48.7 Å². The zero-order valence-corrected chi connectivity index (χ0v) is 14.3. The Morgan fingerprint density at radius 2 is 2.08 bits per heavy atom. The van der Waals surface area contributed by atoms with E-state index < -0.39 is 6.09 Å². The van der Waals surface area contributed by atoms with E-state index in [-0.39, 0.29) is 5.92 Å². The van der Waals surface area contributed by atoms with Crippen molar-refractivity contribution in [3.63, 3.8) is 0 Å². The Morgan fingerprint density at radius 1 is 1.23 bits per heavy atom. The van der Waals surface area contributed by atoms with Gasteiger partial charge in [-0.25, -0.2) is 14.5 Å². The number of carbonyl (C=O) groups is 1. The molecular weight excluding hydrogens is 332 g/mol. The summed E-state index contributed by atoms with van der Waals surface area (Å²) in [6, 6.07) is 13.6. The first-order chi connectivity index (χ1) is 12.7. The van der Waals surface area contributed by atoms with Gasteiger partial charge in [0.05, 0.1) is 17.7 Å². The number of benzene rings is 1. The van der Waals surface area contributed by atoms with E-state index in [1.54, 1.807) is 10.9 Å². The summed E-state index contributed by atoms with van der Waals surface area (Å²) in [4.78, 5) is 17.1. The van der Waals surface area contributed by atoms with Crippen LogP contribution in [0.25, 0.3) is 16.7 Å². The highest BCUT2D eigenvalue weighted by Gasteiger charge is 2.24. The molecule has 1 fully saturated rings. The lowest BCUT2D eigenvalue weighted by molar-refractivity contribution is 0.104. The van der Waals surface area contributed by atoms with Gasteiger partial charge in [-0.05, 0) is 37.1 Å². The second-order valence-electron chi connectivity index (χ2n) is 6.47. The predicted octanol–water partition coefficient (Wildman–Crippen LogP) is 3.19. The number of carboxylic acid groups (broad SMARTS) is 1. The Morgan fingerprint density at radius 3 is 2.88 bits per heavy atom. The van der Waals surface area contributed by atoms with Crippen LogP contribution in [-0.2, 0) is 0 Å². The molecule has 26 heavy (non-hydrogen) atoms. The largest absolute Gasteiger partial charge is 0.476 e. The van der Waals surface area contributed by atoms with Crippen LogP contribution in [0.1, 0.15) is 12.8 Å². The molecule has 0 aliphatic carbocycles. The number of fused-ring (bicyclic) bond motifs is 1. The third kappa shape index (κ3) is 3.20. The molecule has 7 heteroatoms. The molecule has 1 saturated heterocycles. The van der Waals surface area contributed by atoms with Crippen molar-refractivity contribution < 1.29 is 14.6 Å². The average molecular weight is 352 g/mol. The molecule has 1 aliphatic rings. The van der Waals surface area contributed by atoms with Gasteiger partial charge in [-0.15, -0.1) is 5.10 Å². The number of hydrogen-bond acceptors (Lipinski definition) is 4. The number of aromatic nitrogens is 3. The van der Waals surface area contributed by atoms with Crippen LogP contribution in [-0.4, -0.2) is 50.6 Å². The predicted molar refractivity (Wildman–Crippen MR) is 96.7 cm³/mol. The molecule has 0 saturated carbocycles. The van der Waals surface area contributed by atoms with E-state index in [2.05, 4.69) is 10.1 Å². The smallest absolute Gasteiger partial charge is 0.407 e. The Labute approximate surface area is 150 Å². The number of likely N-dealkylation sites (tertiary alicyclic amines) is 1. The van der Waals surface area contributed by atoms with Gasteiger partial charge < -0.3 is 14.7 Å². The minimum atomic E-state index is -0.863. The Kier molecular flexibility index (Phi) is 4.43. The number of nitrogens with zero attached hydrogens (tertiary/aromatic N) is 4. The summed E-state index contributed by atoms with van der Waals surface area (Å²) in [5.41, 5.74) is 1.66. The minimum absolute atomic E-state index is 0.174. The number of amides is 1. The molecule has 1 aliphatic heterocycles. The standard InChI is InChI=1S/C19H20N4O3/c24-19(25)22-11-5-6-14(12-22)13-26-18-16-9-4-10-20-17(16)23(21-18)15-7-2-1-3-8-15/h1-4,7-10,14H,5-6,11-13H2,(H,24,25). The molecule has 4 rings (SSSR count). The highest BCUT2D eigenvalue weighted by atomic mass is 16.5. The molecule has 3 aromatic rings. The molecule has 0 radical (unpaired) electrons. The summed E-state index contributed by atoms with van der Waals surface area (Å²) in [7, 11) is 0. The molecule has 7 nitrogen and oxygen atoms in total. The van der Waals surface area contributed by atoms with E-state index in [1.165, 1.54) is 4.90 Å². The fourth-order valence-corrected chi connectivity index (χ4v) is 3.35.